The molecule has 0 aliphatic rings. The Bertz CT molecular complexity index is 1430. The number of aromatic nitrogens is 2. The molecule has 37 heavy (non-hydrogen) atoms. The maximum atomic E-state index is 13.1. The highest BCUT2D eigenvalue weighted by Gasteiger charge is 2.13. The fourth-order valence-corrected chi connectivity index (χ4v) is 4.01. The van der Waals surface area contributed by atoms with E-state index in [1.54, 1.807) is 42.5 Å². The van der Waals surface area contributed by atoms with E-state index in [-0.39, 0.29) is 24.8 Å². The molecule has 1 aromatic heterocycles. The number of aryl methyl sites for hydroxylation is 1. The first-order valence-electron chi connectivity index (χ1n) is 11.0. The summed E-state index contributed by atoms with van der Waals surface area (Å²) in [5.74, 6) is -0.560. The van der Waals surface area contributed by atoms with Gasteiger partial charge in [0, 0.05) is 16.1 Å². The number of rotatable bonds is 9. The van der Waals surface area contributed by atoms with E-state index < -0.39 is 5.91 Å². The monoisotopic (exact) mass is 537 g/mol. The third-order valence-corrected chi connectivity index (χ3v) is 6.06. The molecule has 0 bridgehead atoms. The molecule has 2 amide bonds. The lowest BCUT2D eigenvalue weighted by atomic mass is 10.1. The first kappa shape index (κ1) is 25.9. The lowest BCUT2D eigenvalue weighted by Gasteiger charge is -2.09. The fraction of sp³-hybridized carbons (Fsp3) is 0.115. The minimum Gasteiger partial charge on any atom is -0.488 e. The highest BCUT2D eigenvalue weighted by Crippen LogP contribution is 2.23. The summed E-state index contributed by atoms with van der Waals surface area (Å²) in [6, 6.07) is 18.1. The average molecular weight is 538 g/mol. The van der Waals surface area contributed by atoms with Crippen molar-refractivity contribution >= 4 is 46.1 Å². The second kappa shape index (κ2) is 12.2. The van der Waals surface area contributed by atoms with E-state index in [9.17, 15) is 14.0 Å². The van der Waals surface area contributed by atoms with E-state index in [0.29, 0.717) is 32.0 Å². The zero-order valence-electron chi connectivity index (χ0n) is 19.6. The zero-order valence-corrected chi connectivity index (χ0v) is 21.1. The van der Waals surface area contributed by atoms with Crippen LogP contribution in [0.1, 0.15) is 32.1 Å². The highest BCUT2D eigenvalue weighted by molar-refractivity contribution is 7.15. The van der Waals surface area contributed by atoms with Crippen molar-refractivity contribution in [3.05, 3.63) is 105 Å². The molecule has 3 aromatic carbocycles. The predicted molar refractivity (Wildman–Crippen MR) is 141 cm³/mol. The summed E-state index contributed by atoms with van der Waals surface area (Å²) in [7, 11) is 0. The van der Waals surface area contributed by atoms with Crippen molar-refractivity contribution in [2.45, 2.75) is 20.0 Å². The Kier molecular flexibility index (Phi) is 8.55. The molecule has 8 nitrogen and oxygen atoms in total. The number of ether oxygens (including phenoxy) is 1. The van der Waals surface area contributed by atoms with Crippen molar-refractivity contribution in [1.82, 2.24) is 15.6 Å². The van der Waals surface area contributed by atoms with Crippen LogP contribution in [0, 0.1) is 12.7 Å². The highest BCUT2D eigenvalue weighted by atomic mass is 35.5. The molecular weight excluding hydrogens is 517 g/mol. The molecule has 4 rings (SSSR count). The van der Waals surface area contributed by atoms with Gasteiger partial charge in [-0.25, -0.2) is 9.82 Å². The van der Waals surface area contributed by atoms with Crippen LogP contribution in [0.4, 0.5) is 9.52 Å². The van der Waals surface area contributed by atoms with E-state index in [2.05, 4.69) is 26.0 Å². The van der Waals surface area contributed by atoms with Gasteiger partial charge in [-0.05, 0) is 55.0 Å². The maximum absolute atomic E-state index is 13.1. The summed E-state index contributed by atoms with van der Waals surface area (Å²) >= 11 is 7.19. The van der Waals surface area contributed by atoms with Crippen molar-refractivity contribution < 1.29 is 18.7 Å². The molecule has 0 atom stereocenters. The molecule has 0 saturated heterocycles. The van der Waals surface area contributed by atoms with Gasteiger partial charge in [0.05, 0.1) is 12.6 Å². The SMILES string of the molecule is Cc1ccc(C(=O)Nc2nnc(CC(=O)N/N=C\c3cc(Cl)ccc3OCc3ccc(F)cc3)s2)cc1. The number of hydrazone groups is 1. The standard InChI is InChI=1S/C26H21ClFN5O3S/c1-16-2-6-18(7-3-16)25(35)30-26-33-32-24(37-26)13-23(34)31-29-14-19-12-20(27)8-11-22(19)36-15-17-4-9-21(28)10-5-17/h2-12,14H,13,15H2,1H3,(H,31,34)(H,30,33,35)/b29-14-. The van der Waals surface area contributed by atoms with E-state index in [0.717, 1.165) is 22.5 Å². The third kappa shape index (κ3) is 7.66. The summed E-state index contributed by atoms with van der Waals surface area (Å²) in [6.07, 6.45) is 1.34. The number of benzene rings is 3. The van der Waals surface area contributed by atoms with Gasteiger partial charge < -0.3 is 4.74 Å². The summed E-state index contributed by atoms with van der Waals surface area (Å²) in [5.41, 5.74) is 5.31. The second-order valence-electron chi connectivity index (χ2n) is 7.89. The summed E-state index contributed by atoms with van der Waals surface area (Å²) in [4.78, 5) is 24.6. The Morgan fingerprint density at radius 1 is 1.08 bits per heavy atom. The summed E-state index contributed by atoms with van der Waals surface area (Å²) < 4.78 is 18.9. The topological polar surface area (TPSA) is 106 Å². The molecule has 0 saturated carbocycles. The summed E-state index contributed by atoms with van der Waals surface area (Å²) in [5, 5.41) is 15.7. The van der Waals surface area contributed by atoms with Crippen molar-refractivity contribution in [3.63, 3.8) is 0 Å². The van der Waals surface area contributed by atoms with Crippen molar-refractivity contribution in [2.75, 3.05) is 5.32 Å². The van der Waals surface area contributed by atoms with Gasteiger partial charge in [-0.15, -0.1) is 10.2 Å². The Labute approximate surface area is 221 Å². The first-order valence-corrected chi connectivity index (χ1v) is 12.2. The lowest BCUT2D eigenvalue weighted by Crippen LogP contribution is -2.19. The van der Waals surface area contributed by atoms with Gasteiger partial charge >= 0.3 is 0 Å². The van der Waals surface area contributed by atoms with Gasteiger partial charge in [0.2, 0.25) is 11.0 Å². The number of nitrogens with zero attached hydrogens (tertiary/aromatic N) is 3. The third-order valence-electron chi connectivity index (χ3n) is 4.99. The van der Waals surface area contributed by atoms with Crippen LogP contribution in [-0.2, 0) is 17.8 Å². The second-order valence-corrected chi connectivity index (χ2v) is 9.39. The number of halogens is 2. The minimum atomic E-state index is -0.417. The van der Waals surface area contributed by atoms with Crippen LogP contribution >= 0.6 is 22.9 Å². The van der Waals surface area contributed by atoms with Gasteiger partial charge in [0.1, 0.15) is 23.2 Å². The fourth-order valence-electron chi connectivity index (χ4n) is 3.09. The largest absolute Gasteiger partial charge is 0.488 e. The molecule has 0 aliphatic heterocycles. The van der Waals surface area contributed by atoms with Gasteiger partial charge in [-0.3, -0.25) is 14.9 Å². The van der Waals surface area contributed by atoms with E-state index in [1.165, 1.54) is 18.3 Å². The molecule has 11 heteroatoms. The predicted octanol–water partition coefficient (Wildman–Crippen LogP) is 5.16. The molecule has 0 aliphatic carbocycles. The smallest absolute Gasteiger partial charge is 0.257 e. The Hall–Kier alpha value is -4.15. The quantitative estimate of drug-likeness (QED) is 0.226. The average Bonchev–Trinajstić information content (AvgIpc) is 3.31. The normalized spacial score (nSPS) is 10.9. The van der Waals surface area contributed by atoms with Gasteiger partial charge in [0.25, 0.3) is 5.91 Å². The zero-order chi connectivity index (χ0) is 26.2. The molecule has 1 heterocycles. The number of hydrogen-bond acceptors (Lipinski definition) is 7. The first-order chi connectivity index (χ1) is 17.9. The van der Waals surface area contributed by atoms with Crippen LogP contribution in [0.25, 0.3) is 0 Å². The van der Waals surface area contributed by atoms with Gasteiger partial charge in [-0.2, -0.15) is 5.10 Å². The molecule has 4 aromatic rings. The number of anilines is 1. The van der Waals surface area contributed by atoms with E-state index in [1.807, 2.05) is 19.1 Å². The van der Waals surface area contributed by atoms with Crippen molar-refractivity contribution in [1.29, 1.82) is 0 Å². The molecule has 188 valence electrons. The Balaban J connectivity index is 1.31. The lowest BCUT2D eigenvalue weighted by molar-refractivity contribution is -0.120. The molecule has 0 unspecified atom stereocenters. The van der Waals surface area contributed by atoms with Crippen LogP contribution in [-0.4, -0.2) is 28.2 Å². The van der Waals surface area contributed by atoms with Crippen LogP contribution in [0.3, 0.4) is 0 Å². The van der Waals surface area contributed by atoms with Crippen LogP contribution in [0.2, 0.25) is 5.02 Å². The minimum absolute atomic E-state index is 0.0706. The molecule has 0 radical (unpaired) electrons. The Morgan fingerprint density at radius 3 is 2.59 bits per heavy atom. The molecule has 2 N–H and O–H groups in total. The van der Waals surface area contributed by atoms with Crippen molar-refractivity contribution in [2.24, 2.45) is 5.10 Å². The van der Waals surface area contributed by atoms with Crippen molar-refractivity contribution in [3.8, 4) is 5.75 Å². The van der Waals surface area contributed by atoms with E-state index in [4.69, 9.17) is 16.3 Å². The number of hydrogen-bond donors (Lipinski definition) is 2. The van der Waals surface area contributed by atoms with Crippen LogP contribution < -0.4 is 15.5 Å². The van der Waals surface area contributed by atoms with Crippen LogP contribution in [0.15, 0.2) is 71.8 Å². The Morgan fingerprint density at radius 2 is 1.84 bits per heavy atom. The number of carbonyl (C=O) groups is 2. The maximum Gasteiger partial charge on any atom is 0.257 e. The molecular formula is C26H21ClFN5O3S. The number of amides is 2. The summed E-state index contributed by atoms with van der Waals surface area (Å²) in [6.45, 7) is 2.15. The molecule has 0 spiro atoms. The van der Waals surface area contributed by atoms with Gasteiger partial charge in [-0.1, -0.05) is 52.8 Å². The molecule has 0 fully saturated rings. The number of nitrogens with one attached hydrogen (secondary N) is 2. The van der Waals surface area contributed by atoms with E-state index >= 15 is 0 Å². The number of carbonyl (C=O) groups excluding carboxylic acids is 2. The van der Waals surface area contributed by atoms with Gasteiger partial charge in [0.15, 0.2) is 0 Å². The van der Waals surface area contributed by atoms with Crippen LogP contribution in [0.5, 0.6) is 5.75 Å².